The number of amides is 1. The number of carbonyl (C=O) groups excluding carboxylic acids is 1. The number of nitrogens with zero attached hydrogens (tertiary/aromatic N) is 2. The molecule has 0 bridgehead atoms. The first-order chi connectivity index (χ1) is 7.19. The molecule has 2 heterocycles. The Bertz CT molecular complexity index is 502. The number of fused-ring (bicyclic) bond motifs is 1. The van der Waals surface area contributed by atoms with Crippen molar-refractivity contribution in [3.05, 3.63) is 30.2 Å². The fraction of sp³-hybridized carbons (Fsp3) is 0.273. The molecular formula is C11H13N3O. The maximum absolute atomic E-state index is 10.9. The largest absolute Gasteiger partial charge is 0.325 e. The molecule has 0 aliphatic carbocycles. The molecule has 2 aromatic rings. The van der Waals surface area contributed by atoms with Gasteiger partial charge in [-0.05, 0) is 18.6 Å². The third-order valence-electron chi connectivity index (χ3n) is 2.18. The van der Waals surface area contributed by atoms with E-state index in [2.05, 4.69) is 17.2 Å². The quantitative estimate of drug-likeness (QED) is 0.809. The van der Waals surface area contributed by atoms with E-state index < -0.39 is 0 Å². The Morgan fingerprint density at radius 3 is 2.93 bits per heavy atom. The van der Waals surface area contributed by atoms with Crippen LogP contribution in [0.25, 0.3) is 5.65 Å². The van der Waals surface area contributed by atoms with Crippen molar-refractivity contribution in [2.45, 2.75) is 20.3 Å². The van der Waals surface area contributed by atoms with E-state index in [4.69, 9.17) is 0 Å². The van der Waals surface area contributed by atoms with Crippen molar-refractivity contribution in [1.82, 2.24) is 9.38 Å². The Morgan fingerprint density at radius 1 is 1.47 bits per heavy atom. The molecule has 1 N–H and O–H groups in total. The zero-order valence-corrected chi connectivity index (χ0v) is 8.82. The van der Waals surface area contributed by atoms with Crippen LogP contribution in [0.15, 0.2) is 24.5 Å². The van der Waals surface area contributed by atoms with Gasteiger partial charge in [-0.25, -0.2) is 4.98 Å². The van der Waals surface area contributed by atoms with Crippen molar-refractivity contribution in [3.63, 3.8) is 0 Å². The van der Waals surface area contributed by atoms with E-state index in [0.717, 1.165) is 23.4 Å². The summed E-state index contributed by atoms with van der Waals surface area (Å²) >= 11 is 0. The third kappa shape index (κ3) is 1.98. The fourth-order valence-electron chi connectivity index (χ4n) is 1.49. The molecule has 4 nitrogen and oxygen atoms in total. The zero-order valence-electron chi connectivity index (χ0n) is 8.82. The first kappa shape index (κ1) is 9.71. The summed E-state index contributed by atoms with van der Waals surface area (Å²) in [5.74, 6) is -0.0646. The van der Waals surface area contributed by atoms with E-state index in [9.17, 15) is 4.79 Å². The van der Waals surface area contributed by atoms with Crippen molar-refractivity contribution in [2.75, 3.05) is 5.32 Å². The van der Waals surface area contributed by atoms with Gasteiger partial charge in [-0.2, -0.15) is 0 Å². The molecule has 0 aliphatic heterocycles. The summed E-state index contributed by atoms with van der Waals surface area (Å²) in [6.45, 7) is 3.56. The Morgan fingerprint density at radius 2 is 2.27 bits per heavy atom. The molecule has 0 spiro atoms. The topological polar surface area (TPSA) is 46.4 Å². The first-order valence-corrected chi connectivity index (χ1v) is 4.94. The van der Waals surface area contributed by atoms with Gasteiger partial charge in [0.15, 0.2) is 0 Å². The minimum Gasteiger partial charge on any atom is -0.325 e. The third-order valence-corrected chi connectivity index (χ3v) is 2.18. The summed E-state index contributed by atoms with van der Waals surface area (Å²) in [6, 6.07) is 3.74. The van der Waals surface area contributed by atoms with Crippen LogP contribution in [0.4, 0.5) is 5.69 Å². The number of carbonyl (C=O) groups is 1. The number of nitrogens with one attached hydrogen (secondary N) is 1. The van der Waals surface area contributed by atoms with Gasteiger partial charge < -0.3 is 9.72 Å². The lowest BCUT2D eigenvalue weighted by molar-refractivity contribution is -0.114. The Kier molecular flexibility index (Phi) is 2.41. The second kappa shape index (κ2) is 3.73. The van der Waals surface area contributed by atoms with Crippen LogP contribution in [0.3, 0.4) is 0 Å². The van der Waals surface area contributed by atoms with E-state index in [1.54, 1.807) is 0 Å². The highest BCUT2D eigenvalue weighted by atomic mass is 16.1. The number of imidazole rings is 1. The number of rotatable bonds is 2. The summed E-state index contributed by atoms with van der Waals surface area (Å²) in [4.78, 5) is 15.3. The van der Waals surface area contributed by atoms with Crippen LogP contribution in [-0.2, 0) is 11.2 Å². The summed E-state index contributed by atoms with van der Waals surface area (Å²) in [5, 5.41) is 2.74. The highest BCUT2D eigenvalue weighted by molar-refractivity contribution is 5.88. The van der Waals surface area contributed by atoms with Crippen LogP contribution in [0.1, 0.15) is 19.5 Å². The highest BCUT2D eigenvalue weighted by Crippen LogP contribution is 2.11. The van der Waals surface area contributed by atoms with Crippen molar-refractivity contribution < 1.29 is 4.79 Å². The normalized spacial score (nSPS) is 10.5. The van der Waals surface area contributed by atoms with Gasteiger partial charge in [0, 0.05) is 19.3 Å². The van der Waals surface area contributed by atoms with Crippen LogP contribution >= 0.6 is 0 Å². The monoisotopic (exact) mass is 203 g/mol. The smallest absolute Gasteiger partial charge is 0.221 e. The van der Waals surface area contributed by atoms with Crippen LogP contribution in [0, 0.1) is 0 Å². The minimum absolute atomic E-state index is 0.0646. The molecule has 1 amide bonds. The molecule has 0 radical (unpaired) electrons. The van der Waals surface area contributed by atoms with Crippen molar-refractivity contribution in [3.8, 4) is 0 Å². The summed E-state index contributed by atoms with van der Waals surface area (Å²) in [5.41, 5.74) is 2.74. The van der Waals surface area contributed by atoms with Crippen molar-refractivity contribution in [2.24, 2.45) is 0 Å². The lowest BCUT2D eigenvalue weighted by atomic mass is 10.4. The first-order valence-electron chi connectivity index (χ1n) is 4.94. The standard InChI is InChI=1S/C11H13N3O/c1-3-9-6-14-7-10(12-8(2)15)4-5-11(14)13-9/h4-7H,3H2,1-2H3,(H,12,15). The van der Waals surface area contributed by atoms with Gasteiger partial charge in [0.1, 0.15) is 5.65 Å². The van der Waals surface area contributed by atoms with Crippen LogP contribution in [0.2, 0.25) is 0 Å². The SMILES string of the molecule is CCc1cn2cc(NC(C)=O)ccc2n1. The van der Waals surface area contributed by atoms with Crippen molar-refractivity contribution in [1.29, 1.82) is 0 Å². The molecule has 0 saturated carbocycles. The molecular weight excluding hydrogens is 190 g/mol. The van der Waals surface area contributed by atoms with Crippen LogP contribution in [0.5, 0.6) is 0 Å². The predicted molar refractivity (Wildman–Crippen MR) is 58.9 cm³/mol. The van der Waals surface area contributed by atoms with E-state index in [1.807, 2.05) is 28.9 Å². The molecule has 0 unspecified atom stereocenters. The average molecular weight is 203 g/mol. The zero-order chi connectivity index (χ0) is 10.8. The lowest BCUT2D eigenvalue weighted by Crippen LogP contribution is -2.06. The van der Waals surface area contributed by atoms with Gasteiger partial charge in [-0.1, -0.05) is 6.92 Å². The molecule has 0 aromatic carbocycles. The van der Waals surface area contributed by atoms with Crippen LogP contribution in [-0.4, -0.2) is 15.3 Å². The number of anilines is 1. The molecule has 2 rings (SSSR count). The van der Waals surface area contributed by atoms with E-state index >= 15 is 0 Å². The minimum atomic E-state index is -0.0646. The van der Waals surface area contributed by atoms with Gasteiger partial charge in [0.05, 0.1) is 11.4 Å². The number of hydrogen-bond donors (Lipinski definition) is 1. The van der Waals surface area contributed by atoms with Crippen molar-refractivity contribution >= 4 is 17.2 Å². The van der Waals surface area contributed by atoms with Gasteiger partial charge in [-0.15, -0.1) is 0 Å². The second-order valence-electron chi connectivity index (χ2n) is 3.45. The number of aryl methyl sites for hydroxylation is 1. The Labute approximate surface area is 87.9 Å². The fourth-order valence-corrected chi connectivity index (χ4v) is 1.49. The van der Waals surface area contributed by atoms with E-state index in [-0.39, 0.29) is 5.91 Å². The summed E-state index contributed by atoms with van der Waals surface area (Å²) < 4.78 is 1.92. The Balaban J connectivity index is 2.41. The van der Waals surface area contributed by atoms with E-state index in [1.165, 1.54) is 6.92 Å². The number of pyridine rings is 1. The average Bonchev–Trinajstić information content (AvgIpc) is 2.58. The van der Waals surface area contributed by atoms with Crippen LogP contribution < -0.4 is 5.32 Å². The van der Waals surface area contributed by atoms with E-state index in [0.29, 0.717) is 0 Å². The number of aromatic nitrogens is 2. The predicted octanol–water partition coefficient (Wildman–Crippen LogP) is 1.86. The molecule has 0 fully saturated rings. The second-order valence-corrected chi connectivity index (χ2v) is 3.45. The molecule has 0 atom stereocenters. The molecule has 0 aliphatic rings. The Hall–Kier alpha value is -1.84. The highest BCUT2D eigenvalue weighted by Gasteiger charge is 2.01. The molecule has 78 valence electrons. The van der Waals surface area contributed by atoms with Gasteiger partial charge in [0.2, 0.25) is 5.91 Å². The number of hydrogen-bond acceptors (Lipinski definition) is 2. The molecule has 0 saturated heterocycles. The molecule has 4 heteroatoms. The maximum Gasteiger partial charge on any atom is 0.221 e. The lowest BCUT2D eigenvalue weighted by Gasteiger charge is -2.01. The maximum atomic E-state index is 10.9. The van der Waals surface area contributed by atoms with Gasteiger partial charge >= 0.3 is 0 Å². The summed E-state index contributed by atoms with van der Waals surface area (Å²) in [7, 11) is 0. The molecule has 15 heavy (non-hydrogen) atoms. The van der Waals surface area contributed by atoms with Gasteiger partial charge in [-0.3, -0.25) is 4.79 Å². The molecule has 2 aromatic heterocycles. The summed E-state index contributed by atoms with van der Waals surface area (Å²) in [6.07, 6.45) is 4.75. The van der Waals surface area contributed by atoms with Gasteiger partial charge in [0.25, 0.3) is 0 Å².